The number of nitrogens with one attached hydrogen (secondary N) is 1. The van der Waals surface area contributed by atoms with Crippen molar-refractivity contribution in [2.24, 2.45) is 0 Å². The topological polar surface area (TPSA) is 86.6 Å². The summed E-state index contributed by atoms with van der Waals surface area (Å²) in [5, 5.41) is 18.1. The van der Waals surface area contributed by atoms with Gasteiger partial charge in [0.25, 0.3) is 0 Å². The standard InChI is InChI=1S/C14H12FNO2.C2HF3O2/c1-9-3-2-4-10(7-9)12-6-5-11(15)8-13(12)16-14(17)18;3-2(4,5)1(6)7/h2-8,16H,1H3,(H,17,18);(H,6,7). The number of alkyl halides is 3. The van der Waals surface area contributed by atoms with Gasteiger partial charge < -0.3 is 10.2 Å². The molecule has 0 saturated heterocycles. The van der Waals surface area contributed by atoms with Gasteiger partial charge in [0.05, 0.1) is 5.69 Å². The summed E-state index contributed by atoms with van der Waals surface area (Å²) in [4.78, 5) is 19.6. The van der Waals surface area contributed by atoms with Crippen molar-refractivity contribution >= 4 is 17.7 Å². The maximum Gasteiger partial charge on any atom is 0.490 e. The van der Waals surface area contributed by atoms with Crippen LogP contribution in [-0.2, 0) is 4.79 Å². The monoisotopic (exact) mass is 359 g/mol. The van der Waals surface area contributed by atoms with Crippen molar-refractivity contribution in [3.63, 3.8) is 0 Å². The minimum atomic E-state index is -5.08. The first kappa shape index (κ1) is 19.9. The van der Waals surface area contributed by atoms with Gasteiger partial charge in [0.1, 0.15) is 5.82 Å². The summed E-state index contributed by atoms with van der Waals surface area (Å²) in [5.41, 5.74) is 2.80. The van der Waals surface area contributed by atoms with E-state index in [2.05, 4.69) is 5.32 Å². The highest BCUT2D eigenvalue weighted by molar-refractivity contribution is 5.90. The molecule has 0 radical (unpaired) electrons. The molecular formula is C16H13F4NO4. The second-order valence-electron chi connectivity index (χ2n) is 4.79. The van der Waals surface area contributed by atoms with Gasteiger partial charge in [0.15, 0.2) is 0 Å². The Labute approximate surface area is 139 Å². The number of anilines is 1. The number of amides is 1. The number of carboxylic acids is 1. The Balaban J connectivity index is 0.000000381. The van der Waals surface area contributed by atoms with Crippen molar-refractivity contribution < 1.29 is 37.4 Å². The van der Waals surface area contributed by atoms with Crippen LogP contribution in [0.3, 0.4) is 0 Å². The van der Waals surface area contributed by atoms with Crippen LogP contribution in [-0.4, -0.2) is 28.5 Å². The molecule has 0 aliphatic rings. The van der Waals surface area contributed by atoms with Crippen molar-refractivity contribution in [2.45, 2.75) is 13.1 Å². The molecule has 0 atom stereocenters. The van der Waals surface area contributed by atoms with Crippen LogP contribution < -0.4 is 5.32 Å². The molecule has 0 aromatic heterocycles. The number of rotatable bonds is 2. The summed E-state index contributed by atoms with van der Waals surface area (Å²) in [6.45, 7) is 1.94. The highest BCUT2D eigenvalue weighted by Gasteiger charge is 2.38. The Morgan fingerprint density at radius 3 is 2.12 bits per heavy atom. The molecule has 134 valence electrons. The quantitative estimate of drug-likeness (QED) is 0.688. The Kier molecular flexibility index (Phi) is 6.49. The molecule has 0 aliphatic heterocycles. The fraction of sp³-hybridized carbons (Fsp3) is 0.125. The molecule has 2 aromatic rings. The van der Waals surface area contributed by atoms with Crippen molar-refractivity contribution in [1.82, 2.24) is 0 Å². The lowest BCUT2D eigenvalue weighted by molar-refractivity contribution is -0.192. The number of halogens is 4. The largest absolute Gasteiger partial charge is 0.490 e. The zero-order valence-electron chi connectivity index (χ0n) is 12.8. The number of hydrogen-bond acceptors (Lipinski definition) is 2. The lowest BCUT2D eigenvalue weighted by Gasteiger charge is -2.10. The minimum Gasteiger partial charge on any atom is -0.475 e. The van der Waals surface area contributed by atoms with E-state index in [9.17, 15) is 22.4 Å². The van der Waals surface area contributed by atoms with E-state index >= 15 is 0 Å². The zero-order valence-corrected chi connectivity index (χ0v) is 12.8. The van der Waals surface area contributed by atoms with Crippen molar-refractivity contribution in [3.8, 4) is 11.1 Å². The molecule has 2 aromatic carbocycles. The molecule has 0 fully saturated rings. The zero-order chi connectivity index (χ0) is 19.2. The summed E-state index contributed by atoms with van der Waals surface area (Å²) >= 11 is 0. The predicted octanol–water partition coefficient (Wildman–Crippen LogP) is 4.52. The van der Waals surface area contributed by atoms with Crippen LogP contribution in [0.2, 0.25) is 0 Å². The maximum absolute atomic E-state index is 13.2. The third-order valence-electron chi connectivity index (χ3n) is 2.79. The third kappa shape index (κ3) is 6.50. The van der Waals surface area contributed by atoms with Gasteiger partial charge in [0, 0.05) is 5.56 Å². The summed E-state index contributed by atoms with van der Waals surface area (Å²) in [5.74, 6) is -3.23. The lowest BCUT2D eigenvalue weighted by atomic mass is 10.0. The van der Waals surface area contributed by atoms with E-state index in [0.29, 0.717) is 5.56 Å². The summed E-state index contributed by atoms with van der Waals surface area (Å²) in [6.07, 6.45) is -6.30. The average molecular weight is 359 g/mol. The molecule has 0 unspecified atom stereocenters. The van der Waals surface area contributed by atoms with Gasteiger partial charge in [-0.3, -0.25) is 5.32 Å². The molecule has 5 nitrogen and oxygen atoms in total. The van der Waals surface area contributed by atoms with E-state index in [4.69, 9.17) is 15.0 Å². The van der Waals surface area contributed by atoms with Crippen LogP contribution in [0.5, 0.6) is 0 Å². The van der Waals surface area contributed by atoms with E-state index in [1.807, 2.05) is 31.2 Å². The first-order chi connectivity index (χ1) is 11.5. The number of benzene rings is 2. The van der Waals surface area contributed by atoms with Gasteiger partial charge >= 0.3 is 18.2 Å². The first-order valence-corrected chi connectivity index (χ1v) is 6.67. The number of hydrogen-bond donors (Lipinski definition) is 3. The van der Waals surface area contributed by atoms with E-state index in [1.165, 1.54) is 12.1 Å². The molecule has 1 amide bonds. The van der Waals surface area contributed by atoms with Crippen molar-refractivity contribution in [2.75, 3.05) is 5.32 Å². The third-order valence-corrected chi connectivity index (χ3v) is 2.79. The molecule has 9 heteroatoms. The number of carboxylic acid groups (broad SMARTS) is 2. The molecule has 2 rings (SSSR count). The number of aryl methyl sites for hydroxylation is 1. The summed E-state index contributed by atoms with van der Waals surface area (Å²) in [7, 11) is 0. The number of carbonyl (C=O) groups is 2. The Bertz CT molecular complexity index is 775. The molecule has 3 N–H and O–H groups in total. The highest BCUT2D eigenvalue weighted by atomic mass is 19.4. The van der Waals surface area contributed by atoms with Gasteiger partial charge in [-0.2, -0.15) is 13.2 Å². The van der Waals surface area contributed by atoms with Gasteiger partial charge in [-0.25, -0.2) is 14.0 Å². The molecule has 0 bridgehead atoms. The Morgan fingerprint density at radius 1 is 1.04 bits per heavy atom. The van der Waals surface area contributed by atoms with Crippen LogP contribution in [0.25, 0.3) is 11.1 Å². The summed E-state index contributed by atoms with van der Waals surface area (Å²) in [6, 6.07) is 11.6. The fourth-order valence-electron chi connectivity index (χ4n) is 1.80. The molecule has 0 spiro atoms. The van der Waals surface area contributed by atoms with Gasteiger partial charge in [-0.05, 0) is 30.7 Å². The van der Waals surface area contributed by atoms with Crippen molar-refractivity contribution in [1.29, 1.82) is 0 Å². The molecule has 25 heavy (non-hydrogen) atoms. The first-order valence-electron chi connectivity index (χ1n) is 6.67. The molecular weight excluding hydrogens is 346 g/mol. The SMILES string of the molecule is Cc1cccc(-c2ccc(F)cc2NC(=O)O)c1.O=C(O)C(F)(F)F. The van der Waals surface area contributed by atoms with Crippen LogP contribution in [0.15, 0.2) is 42.5 Å². The van der Waals surface area contributed by atoms with Crippen LogP contribution in [0, 0.1) is 12.7 Å². The maximum atomic E-state index is 13.2. The van der Waals surface area contributed by atoms with Crippen LogP contribution >= 0.6 is 0 Å². The van der Waals surface area contributed by atoms with Gasteiger partial charge in [0.2, 0.25) is 0 Å². The minimum absolute atomic E-state index is 0.244. The number of aliphatic carboxylic acids is 1. The van der Waals surface area contributed by atoms with E-state index < -0.39 is 24.1 Å². The van der Waals surface area contributed by atoms with Gasteiger partial charge in [-0.15, -0.1) is 0 Å². The molecule has 0 heterocycles. The van der Waals surface area contributed by atoms with Crippen molar-refractivity contribution in [3.05, 3.63) is 53.8 Å². The fourth-order valence-corrected chi connectivity index (χ4v) is 1.80. The smallest absolute Gasteiger partial charge is 0.475 e. The highest BCUT2D eigenvalue weighted by Crippen LogP contribution is 2.29. The van der Waals surface area contributed by atoms with Crippen LogP contribution in [0.4, 0.5) is 28.0 Å². The lowest BCUT2D eigenvalue weighted by Crippen LogP contribution is -2.21. The Hall–Kier alpha value is -3.10. The van der Waals surface area contributed by atoms with Crippen LogP contribution in [0.1, 0.15) is 5.56 Å². The van der Waals surface area contributed by atoms with E-state index in [1.54, 1.807) is 6.07 Å². The van der Waals surface area contributed by atoms with Gasteiger partial charge in [-0.1, -0.05) is 29.8 Å². The van der Waals surface area contributed by atoms with E-state index in [0.717, 1.165) is 11.1 Å². The van der Waals surface area contributed by atoms with E-state index in [-0.39, 0.29) is 5.69 Å². The average Bonchev–Trinajstić information content (AvgIpc) is 2.46. The second kappa shape index (κ2) is 8.13. The Morgan fingerprint density at radius 2 is 1.64 bits per heavy atom. The normalized spacial score (nSPS) is 10.4. The molecule has 0 aliphatic carbocycles. The summed E-state index contributed by atoms with van der Waals surface area (Å²) < 4.78 is 44.9. The molecule has 0 saturated carbocycles. The second-order valence-corrected chi connectivity index (χ2v) is 4.79. The predicted molar refractivity (Wildman–Crippen MR) is 81.9 cm³/mol.